The van der Waals surface area contributed by atoms with E-state index in [1.807, 2.05) is 0 Å². The van der Waals surface area contributed by atoms with Crippen LogP contribution in [0.15, 0.2) is 59.7 Å². The number of hydrogen-bond acceptors (Lipinski definition) is 2. The maximum absolute atomic E-state index is 14.9. The number of cyclic esters (lactones) is 1. The highest BCUT2D eigenvalue weighted by Gasteiger charge is 2.56. The normalized spacial score (nSPS) is 25.1. The third-order valence-electron chi connectivity index (χ3n) is 7.91. The Morgan fingerprint density at radius 1 is 0.881 bits per heavy atom. The Morgan fingerprint density at radius 2 is 1.60 bits per heavy atom. The highest BCUT2D eigenvalue weighted by molar-refractivity contribution is 6.30. The van der Waals surface area contributed by atoms with E-state index < -0.39 is 77.7 Å². The number of allylic oxidation sites excluding steroid dienone is 3. The zero-order chi connectivity index (χ0) is 30.8. The number of alkyl halides is 9. The van der Waals surface area contributed by atoms with E-state index in [4.69, 9.17) is 16.3 Å². The number of nitrogens with zero attached hydrogens (tertiary/aromatic N) is 1. The van der Waals surface area contributed by atoms with E-state index in [1.165, 1.54) is 12.1 Å². The molecule has 5 rings (SSSR count). The van der Waals surface area contributed by atoms with Crippen LogP contribution in [0, 0.1) is 11.2 Å². The molecule has 0 aromatic heterocycles. The number of ether oxygens (including phenoxy) is 1. The number of hydrogen-bond donors (Lipinski definition) is 0. The molecule has 226 valence electrons. The van der Waals surface area contributed by atoms with E-state index in [-0.39, 0.29) is 47.1 Å². The molecule has 1 spiro atoms. The van der Waals surface area contributed by atoms with E-state index in [9.17, 15) is 48.7 Å². The van der Waals surface area contributed by atoms with Crippen LogP contribution in [0.3, 0.4) is 0 Å². The number of piperidine rings is 1. The van der Waals surface area contributed by atoms with Crippen molar-refractivity contribution in [2.45, 2.75) is 56.3 Å². The summed E-state index contributed by atoms with van der Waals surface area (Å²) in [6.45, 7) is -0.801. The zero-order valence-corrected chi connectivity index (χ0v) is 22.0. The molecule has 42 heavy (non-hydrogen) atoms. The Hall–Kier alpha value is -3.22. The minimum Gasteiger partial charge on any atom is -0.448 e. The predicted molar refractivity (Wildman–Crippen MR) is 131 cm³/mol. The second-order valence-corrected chi connectivity index (χ2v) is 11.0. The maximum Gasteiger partial charge on any atom is 0.416 e. The minimum absolute atomic E-state index is 0.0131. The average Bonchev–Trinajstić information content (AvgIpc) is 2.90. The van der Waals surface area contributed by atoms with E-state index in [2.05, 4.69) is 0 Å². The van der Waals surface area contributed by atoms with Gasteiger partial charge in [0.1, 0.15) is 12.4 Å². The van der Waals surface area contributed by atoms with Crippen LogP contribution in [0.25, 0.3) is 11.1 Å². The lowest BCUT2D eigenvalue weighted by atomic mass is 9.66. The van der Waals surface area contributed by atoms with E-state index in [0.717, 1.165) is 17.0 Å². The quantitative estimate of drug-likeness (QED) is 0.310. The number of carbonyl (C=O) groups is 1. The third-order valence-corrected chi connectivity index (χ3v) is 8.14. The van der Waals surface area contributed by atoms with Gasteiger partial charge < -0.3 is 4.74 Å². The summed E-state index contributed by atoms with van der Waals surface area (Å²) in [6, 6.07) is 3.17. The fourth-order valence-corrected chi connectivity index (χ4v) is 6.28. The first-order chi connectivity index (χ1) is 19.4. The van der Waals surface area contributed by atoms with Crippen molar-refractivity contribution in [2.24, 2.45) is 5.41 Å². The summed E-state index contributed by atoms with van der Waals surface area (Å²) in [5.41, 5.74) is -6.66. The number of amides is 1. The van der Waals surface area contributed by atoms with Crippen molar-refractivity contribution in [3.63, 3.8) is 0 Å². The molecule has 2 heterocycles. The van der Waals surface area contributed by atoms with Gasteiger partial charge in [-0.3, -0.25) is 4.90 Å². The summed E-state index contributed by atoms with van der Waals surface area (Å²) in [5, 5.41) is 0.0496. The first-order valence-corrected chi connectivity index (χ1v) is 13.0. The van der Waals surface area contributed by atoms with Gasteiger partial charge in [0.15, 0.2) is 0 Å². The first kappa shape index (κ1) is 30.2. The van der Waals surface area contributed by atoms with Gasteiger partial charge in [0.05, 0.1) is 17.2 Å². The van der Waals surface area contributed by atoms with Gasteiger partial charge in [-0.15, -0.1) is 0 Å². The smallest absolute Gasteiger partial charge is 0.416 e. The Morgan fingerprint density at radius 3 is 2.24 bits per heavy atom. The fourth-order valence-electron chi connectivity index (χ4n) is 6.10. The van der Waals surface area contributed by atoms with Crippen molar-refractivity contribution in [3.05, 3.63) is 81.7 Å². The van der Waals surface area contributed by atoms with Crippen molar-refractivity contribution in [1.82, 2.24) is 4.90 Å². The number of halogens is 11. The van der Waals surface area contributed by atoms with Gasteiger partial charge in [-0.1, -0.05) is 23.7 Å². The third kappa shape index (κ3) is 5.47. The Balaban J connectivity index is 1.68. The molecule has 0 bridgehead atoms. The largest absolute Gasteiger partial charge is 0.448 e. The van der Waals surface area contributed by atoms with Crippen LogP contribution in [0.5, 0.6) is 0 Å². The number of rotatable bonds is 2. The lowest BCUT2D eigenvalue weighted by Gasteiger charge is -2.54. The highest BCUT2D eigenvalue weighted by Crippen LogP contribution is 2.54. The maximum atomic E-state index is 14.9. The molecule has 1 unspecified atom stereocenters. The molecule has 2 saturated heterocycles. The number of benzene rings is 2. The van der Waals surface area contributed by atoms with Crippen molar-refractivity contribution in [2.75, 3.05) is 6.61 Å². The van der Waals surface area contributed by atoms with Crippen LogP contribution >= 0.6 is 11.6 Å². The summed E-state index contributed by atoms with van der Waals surface area (Å²) in [7, 11) is 0. The standard InChI is InChI=1S/C28H20ClF10NO2/c29-17-5-7-21(30)19(10-17)18-6-4-14(26(31,32)33)9-20(18)22-2-1-3-23-25(13-42-24(41)40(22)23)11-15(27(34,35)36)8-16(12-25)28(37,38)39/h4-11,22-23H,1-3,12-13H2/t22-,23-,25?/m0/s1. The summed E-state index contributed by atoms with van der Waals surface area (Å²) in [5.74, 6) is -0.851. The fraction of sp³-hybridized carbons (Fsp3) is 0.393. The predicted octanol–water partition coefficient (Wildman–Crippen LogP) is 9.58. The molecule has 3 nitrogen and oxygen atoms in total. The monoisotopic (exact) mass is 627 g/mol. The molecule has 2 aromatic rings. The van der Waals surface area contributed by atoms with Crippen molar-refractivity contribution >= 4 is 17.7 Å². The SMILES string of the molecule is O=C1OCC2(C=C(C(F)(F)F)C=C(C(F)(F)F)C2)[C@@H]2CCC[C@@H](c3cc(C(F)(F)F)ccc3-c3cc(Cl)ccc3F)N12. The molecule has 0 radical (unpaired) electrons. The van der Waals surface area contributed by atoms with E-state index in [1.54, 1.807) is 0 Å². The molecule has 0 N–H and O–H groups in total. The molecular formula is C28H20ClF10NO2. The number of carbonyl (C=O) groups excluding carboxylic acids is 1. The lowest BCUT2D eigenvalue weighted by Crippen LogP contribution is -2.60. The molecule has 3 aliphatic rings. The van der Waals surface area contributed by atoms with E-state index in [0.29, 0.717) is 18.2 Å². The van der Waals surface area contributed by atoms with Crippen LogP contribution in [0.4, 0.5) is 48.7 Å². The van der Waals surface area contributed by atoms with E-state index >= 15 is 0 Å². The van der Waals surface area contributed by atoms with Crippen LogP contribution in [-0.4, -0.2) is 36.0 Å². The second kappa shape index (κ2) is 10.2. The van der Waals surface area contributed by atoms with Gasteiger partial charge in [-0.25, -0.2) is 9.18 Å². The molecule has 2 fully saturated rings. The topological polar surface area (TPSA) is 29.5 Å². The molecule has 0 saturated carbocycles. The summed E-state index contributed by atoms with van der Waals surface area (Å²) >= 11 is 6.01. The molecule has 2 aliphatic heterocycles. The minimum atomic E-state index is -5.16. The van der Waals surface area contributed by atoms with Gasteiger partial charge in [0.25, 0.3) is 0 Å². The van der Waals surface area contributed by atoms with Gasteiger partial charge in [-0.05, 0) is 73.2 Å². The zero-order valence-electron chi connectivity index (χ0n) is 21.2. The molecule has 14 heteroatoms. The molecule has 2 aromatic carbocycles. The van der Waals surface area contributed by atoms with Crippen molar-refractivity contribution in [3.8, 4) is 11.1 Å². The van der Waals surface area contributed by atoms with Crippen LogP contribution in [0.1, 0.15) is 42.9 Å². The number of fused-ring (bicyclic) bond motifs is 2. The van der Waals surface area contributed by atoms with Gasteiger partial charge in [0.2, 0.25) is 0 Å². The Kier molecular flexibility index (Phi) is 7.35. The lowest BCUT2D eigenvalue weighted by molar-refractivity contribution is -0.137. The second-order valence-electron chi connectivity index (χ2n) is 10.5. The van der Waals surface area contributed by atoms with Crippen LogP contribution in [-0.2, 0) is 10.9 Å². The first-order valence-electron chi connectivity index (χ1n) is 12.6. The van der Waals surface area contributed by atoms with Crippen molar-refractivity contribution < 1.29 is 53.4 Å². The summed E-state index contributed by atoms with van der Waals surface area (Å²) in [4.78, 5) is 14.1. The van der Waals surface area contributed by atoms with Gasteiger partial charge in [-0.2, -0.15) is 39.5 Å². The Labute approximate surface area is 237 Å². The van der Waals surface area contributed by atoms with Gasteiger partial charge in [0, 0.05) is 27.6 Å². The Bertz CT molecular complexity index is 1480. The van der Waals surface area contributed by atoms with Crippen LogP contribution in [0.2, 0.25) is 5.02 Å². The average molecular weight is 628 g/mol. The molecule has 1 aliphatic carbocycles. The summed E-state index contributed by atoms with van der Waals surface area (Å²) < 4.78 is 144. The summed E-state index contributed by atoms with van der Waals surface area (Å²) in [6.07, 6.45) is -16.5. The molecule has 1 amide bonds. The van der Waals surface area contributed by atoms with Gasteiger partial charge >= 0.3 is 24.6 Å². The van der Waals surface area contributed by atoms with Crippen LogP contribution < -0.4 is 0 Å². The molecule has 3 atom stereocenters. The molecular weight excluding hydrogens is 608 g/mol. The van der Waals surface area contributed by atoms with Crippen molar-refractivity contribution in [1.29, 1.82) is 0 Å². The highest BCUT2D eigenvalue weighted by atomic mass is 35.5.